The molecule has 106 heavy (non-hydrogen) atoms. The molecule has 0 unspecified atom stereocenters. The van der Waals surface area contributed by atoms with E-state index in [0.29, 0.717) is 14.9 Å². The first-order valence-electron chi connectivity index (χ1n) is 31.5. The van der Waals surface area contributed by atoms with E-state index in [0.717, 1.165) is 62.9 Å². The molecule has 0 bridgehead atoms. The van der Waals surface area contributed by atoms with E-state index in [1.165, 1.54) is 218 Å². The molecule has 0 spiro atoms. The Morgan fingerprint density at radius 1 is 0.443 bits per heavy atom. The van der Waals surface area contributed by atoms with E-state index in [2.05, 4.69) is 63.8 Å². The van der Waals surface area contributed by atoms with Gasteiger partial charge in [-0.2, -0.15) is 14.3 Å². The Morgan fingerprint density at radius 2 is 0.783 bits per heavy atom. The van der Waals surface area contributed by atoms with Crippen LogP contribution in [0.5, 0.6) is 57.5 Å². The topological polar surface area (TPSA) is 459 Å². The third-order valence-corrected chi connectivity index (χ3v) is 17.5. The number of halogens is 1. The quantitative estimate of drug-likeness (QED) is 0.0101. The molecule has 0 fully saturated rings. The van der Waals surface area contributed by atoms with Crippen LogP contribution in [0.3, 0.4) is 0 Å². The van der Waals surface area contributed by atoms with Crippen molar-refractivity contribution in [2.75, 3.05) is 6.26 Å². The molecule has 0 aliphatic heterocycles. The van der Waals surface area contributed by atoms with Gasteiger partial charge in [-0.1, -0.05) is 236 Å². The molecule has 0 saturated carbocycles. The van der Waals surface area contributed by atoms with Crippen LogP contribution in [0, 0.1) is 24.3 Å². The molecule has 27 nitrogen and oxygen atoms in total. The zero-order valence-electron chi connectivity index (χ0n) is 60.1. The number of phenolic OH excluding ortho intramolecular Hbond substituents is 10. The number of para-hydroxylation sites is 1. The van der Waals surface area contributed by atoms with Crippen molar-refractivity contribution in [2.24, 2.45) is 0 Å². The van der Waals surface area contributed by atoms with E-state index in [4.69, 9.17) is 69.3 Å². The third-order valence-electron chi connectivity index (χ3n) is 13.2. The third kappa shape index (κ3) is 59.4. The van der Waals surface area contributed by atoms with E-state index in [1.54, 1.807) is 16.8 Å². The maximum absolute atomic E-state index is 9.75. The predicted molar refractivity (Wildman–Crippen MR) is 383 cm³/mol. The minimum atomic E-state index is -3.11. The van der Waals surface area contributed by atoms with Gasteiger partial charge in [-0.15, -0.1) is 137 Å². The number of aromatic hydroxyl groups is 10. The molecule has 0 aliphatic carbocycles. The predicted octanol–water partition coefficient (Wildman–Crippen LogP) is 2.32. The number of carbonyl (C=O) groups excluding carboxylic acids is 2. The van der Waals surface area contributed by atoms with Gasteiger partial charge in [0.15, 0.2) is 8.68 Å². The van der Waals surface area contributed by atoms with Crippen LogP contribution in [0.1, 0.15) is 166 Å². The number of tetrazole rings is 1. The van der Waals surface area contributed by atoms with E-state index < -0.39 is 31.8 Å². The van der Waals surface area contributed by atoms with Crippen LogP contribution >= 0.6 is 58.2 Å². The Kier molecular flexibility index (Phi) is 73.6. The van der Waals surface area contributed by atoms with Crippen LogP contribution in [0.25, 0.3) is 5.69 Å². The molecule has 6 aromatic carbocycles. The van der Waals surface area contributed by atoms with Crippen molar-refractivity contribution < 1.29 is 217 Å². The summed E-state index contributed by atoms with van der Waals surface area (Å²) in [5.74, 6) is 0.786. The van der Waals surface area contributed by atoms with Crippen molar-refractivity contribution in [3.8, 4) is 63.2 Å². The normalized spacial score (nSPS) is 9.47. The van der Waals surface area contributed by atoms with Crippen molar-refractivity contribution in [3.05, 3.63) is 137 Å². The largest absolute Gasteiger partial charge is 1.00 e. The first-order valence-corrected chi connectivity index (χ1v) is 38.5. The van der Waals surface area contributed by atoms with Crippen molar-refractivity contribution in [2.45, 2.75) is 192 Å². The van der Waals surface area contributed by atoms with E-state index in [9.17, 15) is 40.9 Å². The first kappa shape index (κ1) is 110. The van der Waals surface area contributed by atoms with Crippen molar-refractivity contribution >= 4 is 96.2 Å². The molecule has 0 atom stereocenters. The summed E-state index contributed by atoms with van der Waals surface area (Å²) < 4.78 is 79.1. The number of aryl methyl sites for hydroxylation is 2. The molecule has 0 amide bonds. The number of phenols is 10. The van der Waals surface area contributed by atoms with Gasteiger partial charge in [0.25, 0.3) is 0 Å². The second-order valence-electron chi connectivity index (χ2n) is 20.9. The monoisotopic (exact) mass is 1660 g/mol. The summed E-state index contributed by atoms with van der Waals surface area (Å²) in [4.78, 5) is 17.2. The Bertz CT molecular complexity index is 3950. The van der Waals surface area contributed by atoms with Gasteiger partial charge in [-0.25, -0.2) is 0 Å². The second kappa shape index (κ2) is 70.9. The van der Waals surface area contributed by atoms with Crippen LogP contribution in [-0.4, -0.2) is 132 Å². The SMILES string of the molecule is CCCCCCCCCCCCCCCCCCc1cc(O)[c-]cc1O.CCCCCCCCc1cc(O)[c-]cc1O.CSc1nnc(Sc2cc(O)[c-]cc2O)s1.O=C=O.O=S(=O)=O.O=S(=O)=O.O=S(=O)=O.Oc1[c-]cc(O)c(Sc2nnnn2-c2ccccc2)c1.Oc1ccc(O)c(Cl)c1.[Na+].[Na+].[Na+].[Na+]. The summed E-state index contributed by atoms with van der Waals surface area (Å²) >= 11 is 10.8. The average molecular weight is 1660 g/mol. The zero-order valence-corrected chi connectivity index (χ0v) is 74.6. The maximum Gasteiger partial charge on any atom is 1.00 e. The fourth-order valence-corrected chi connectivity index (χ4v) is 11.9. The number of hydrogen-bond acceptors (Lipinski definition) is 30. The summed E-state index contributed by atoms with van der Waals surface area (Å²) in [7, 11) is -9.33. The Morgan fingerprint density at radius 3 is 1.13 bits per heavy atom. The number of benzene rings is 6. The van der Waals surface area contributed by atoms with Crippen LogP contribution in [0.4, 0.5) is 0 Å². The Labute approximate surface area is 733 Å². The number of hydrogen-bond donors (Lipinski definition) is 10. The summed E-state index contributed by atoms with van der Waals surface area (Å²) in [5.41, 5.74) is 2.48. The average Bonchev–Trinajstić information content (AvgIpc) is 1.66. The van der Waals surface area contributed by atoms with Gasteiger partial charge in [0.1, 0.15) is 11.5 Å². The fraction of sp³-hybridized carbons (Fsp3) is 0.403. The molecule has 10 N–H and O–H groups in total. The molecule has 0 saturated heterocycles. The van der Waals surface area contributed by atoms with Crippen molar-refractivity contribution in [3.63, 3.8) is 0 Å². The van der Waals surface area contributed by atoms with E-state index in [-0.39, 0.29) is 187 Å². The van der Waals surface area contributed by atoms with Crippen LogP contribution in [0.15, 0.2) is 121 Å². The van der Waals surface area contributed by atoms with Crippen molar-refractivity contribution in [1.29, 1.82) is 0 Å². The van der Waals surface area contributed by atoms with Gasteiger partial charge in [0.2, 0.25) is 5.16 Å². The Balaban J connectivity index is -0.000000386. The number of unbranched alkanes of at least 4 members (excludes halogenated alkanes) is 20. The van der Waals surface area contributed by atoms with Gasteiger partial charge in [-0.3, -0.25) is 0 Å². The number of aromatic nitrogens is 6. The maximum atomic E-state index is 9.75. The van der Waals surface area contributed by atoms with Gasteiger partial charge < -0.3 is 51.1 Å². The molecule has 8 aromatic rings. The smallest absolute Gasteiger partial charge is 0.565 e. The van der Waals surface area contributed by atoms with Gasteiger partial charge in [0, 0.05) is 52.1 Å². The van der Waals surface area contributed by atoms with Crippen LogP contribution in [-0.2, 0) is 54.3 Å². The number of nitrogens with zero attached hydrogens (tertiary/aromatic N) is 6. The molecule has 2 heterocycles. The molecule has 39 heteroatoms. The minimum Gasteiger partial charge on any atom is -0.565 e. The molecule has 8 rings (SSSR count). The summed E-state index contributed by atoms with van der Waals surface area (Å²) in [6.45, 7) is 4.49. The van der Waals surface area contributed by atoms with E-state index in [1.807, 2.05) is 36.6 Å². The van der Waals surface area contributed by atoms with Crippen molar-refractivity contribution in [1.82, 2.24) is 30.4 Å². The molecule has 2 aromatic heterocycles. The number of thioether (sulfide) groups is 1. The van der Waals surface area contributed by atoms with Gasteiger partial charge in [-0.05, 0) is 58.7 Å². The molecule has 0 aliphatic rings. The second-order valence-corrected chi connectivity index (χ2v) is 26.9. The fourth-order valence-electron chi connectivity index (χ4n) is 8.44. The summed E-state index contributed by atoms with van der Waals surface area (Å²) in [5, 5.41) is 113. The molecular weight excluding hydrogens is 1580 g/mol. The zero-order chi connectivity index (χ0) is 76.5. The minimum absolute atomic E-state index is 0. The van der Waals surface area contributed by atoms with Crippen LogP contribution in [0.2, 0.25) is 5.02 Å². The summed E-state index contributed by atoms with van der Waals surface area (Å²) in [6.07, 6.45) is 33.1. The number of rotatable bonds is 30. The Hall–Kier alpha value is -4.47. The summed E-state index contributed by atoms with van der Waals surface area (Å²) in [6, 6.07) is 35.1. The molecule has 560 valence electrons. The standard InChI is InChI=1S/C24H41O2.C14H21O2.C13H9N4O2S.C9H7N2O2S3.C6H5ClO2.CO2.4Na.3O3S/c1-2-3-4-5-6-7-8-9-10-11-12-13-14-15-16-17-18-22-21-23(25)19-20-24(22)26;1-2-3-4-5-6-7-8-12-11-13(15)9-10-14(12)16;18-10-6-7-11(19)12(8-10)20-13-14-15-16-17(13)9-4-2-1-3-5-9;1-14-8-10-11-9(16-8)15-7-4-5(12)2-3-6(7)13;7-5-3-4(8)1-2-6(5)9;2-1-3;;;;;3*1-4(2)3/h20-21,25-26H,2-18H2,1H3;10-11,15-16H,2-8H2,1H3;1-5,7-8,18-19H;3-4,12-13H,1H3;1-3,8-9H;;;;;;;;/q4*-1;;;4*+1;;;. The van der Waals surface area contributed by atoms with E-state index >= 15 is 0 Å². The molecular formula is C67H83ClN6Na4O21S7. The first-order chi connectivity index (χ1) is 48.7. The molecule has 0 radical (unpaired) electrons. The van der Waals surface area contributed by atoms with Gasteiger partial charge >= 0.3 is 156 Å². The van der Waals surface area contributed by atoms with Crippen LogP contribution < -0.4 is 118 Å². The van der Waals surface area contributed by atoms with Gasteiger partial charge in [0.05, 0.1) is 10.7 Å².